The molecule has 0 spiro atoms. The summed E-state index contributed by atoms with van der Waals surface area (Å²) in [5, 5.41) is 39.2. The van der Waals surface area contributed by atoms with Crippen LogP contribution in [0.25, 0.3) is 44.6 Å². The summed E-state index contributed by atoms with van der Waals surface area (Å²) in [4.78, 5) is 36.2. The predicted octanol–water partition coefficient (Wildman–Crippen LogP) is 5.65. The highest BCUT2D eigenvalue weighted by atomic mass is 16.6. The first-order valence-electron chi connectivity index (χ1n) is 19.7. The summed E-state index contributed by atoms with van der Waals surface area (Å²) >= 11 is 0. The van der Waals surface area contributed by atoms with Crippen LogP contribution < -0.4 is 31.2 Å². The van der Waals surface area contributed by atoms with Crippen molar-refractivity contribution in [1.29, 1.82) is 0 Å². The fraction of sp³-hybridized carbons (Fsp3) is 0.381. The number of benzene rings is 2. The first-order chi connectivity index (χ1) is 28.9. The quantitative estimate of drug-likeness (QED) is 0.0615. The Labute approximate surface area is 347 Å². The number of nitrogens with one attached hydrogen (secondary N) is 3. The van der Waals surface area contributed by atoms with Crippen molar-refractivity contribution in [3.8, 4) is 34.0 Å². The molecule has 2 aromatic carbocycles. The number of nitrogens with zero attached hydrogens (tertiary/aromatic N) is 6. The number of rotatable bonds is 18. The number of carbonyl (C=O) groups is 2. The molecule has 0 fully saturated rings. The molecular formula is C42H52N10O8. The van der Waals surface area contributed by atoms with Gasteiger partial charge in [0.25, 0.3) is 0 Å². The predicted molar refractivity (Wildman–Crippen MR) is 227 cm³/mol. The van der Waals surface area contributed by atoms with Crippen LogP contribution in [0, 0.1) is 0 Å². The average molecular weight is 825 g/mol. The normalized spacial score (nSPS) is 12.5. The number of pyridine rings is 2. The van der Waals surface area contributed by atoms with E-state index in [9.17, 15) is 19.8 Å². The van der Waals surface area contributed by atoms with E-state index in [4.69, 9.17) is 34.6 Å². The number of amides is 2. The molecule has 60 heavy (non-hydrogen) atoms. The molecule has 6 aromatic rings. The summed E-state index contributed by atoms with van der Waals surface area (Å²) in [6, 6.07) is 15.8. The van der Waals surface area contributed by atoms with E-state index in [2.05, 4.69) is 26.1 Å². The molecule has 7 N–H and O–H groups in total. The minimum Gasteiger partial charge on any atom is -0.491 e. The first kappa shape index (κ1) is 43.2. The van der Waals surface area contributed by atoms with Crippen LogP contribution in [0.15, 0.2) is 67.0 Å². The summed E-state index contributed by atoms with van der Waals surface area (Å²) in [7, 11) is 1.75. The van der Waals surface area contributed by atoms with Gasteiger partial charge in [0.15, 0.2) is 11.3 Å². The molecule has 4 aromatic heterocycles. The molecule has 18 heteroatoms. The number of aliphatic hydroxyl groups is 2. The fourth-order valence-corrected chi connectivity index (χ4v) is 6.35. The van der Waals surface area contributed by atoms with Crippen LogP contribution in [0.3, 0.4) is 0 Å². The molecule has 0 radical (unpaired) electrons. The second-order valence-corrected chi connectivity index (χ2v) is 14.6. The number of carbonyl (C=O) groups excluding carboxylic acids is 2. The molecule has 0 saturated carbocycles. The Kier molecular flexibility index (Phi) is 14.1. The number of ether oxygens (including phenoxy) is 4. The molecule has 4 heterocycles. The van der Waals surface area contributed by atoms with Crippen LogP contribution in [0.5, 0.6) is 11.5 Å². The minimum atomic E-state index is -0.886. The van der Waals surface area contributed by atoms with Crippen molar-refractivity contribution in [1.82, 2.24) is 34.8 Å². The molecule has 2 amide bonds. The largest absolute Gasteiger partial charge is 0.491 e. The number of anilines is 2. The Bertz CT molecular complexity index is 2430. The number of hydrogen-bond donors (Lipinski definition) is 6. The van der Waals surface area contributed by atoms with E-state index < -0.39 is 24.4 Å². The summed E-state index contributed by atoms with van der Waals surface area (Å²) in [5.41, 5.74) is 10.3. The van der Waals surface area contributed by atoms with Crippen LogP contribution >= 0.6 is 0 Å². The third-order valence-electron chi connectivity index (χ3n) is 9.30. The lowest BCUT2D eigenvalue weighted by molar-refractivity contribution is 0.108. The van der Waals surface area contributed by atoms with E-state index in [1.54, 1.807) is 72.1 Å². The van der Waals surface area contributed by atoms with Gasteiger partial charge >= 0.3 is 12.2 Å². The third-order valence-corrected chi connectivity index (χ3v) is 9.30. The van der Waals surface area contributed by atoms with Crippen molar-refractivity contribution in [3.05, 3.63) is 72.6 Å². The molecule has 0 aliphatic rings. The van der Waals surface area contributed by atoms with Gasteiger partial charge in [0.1, 0.15) is 43.5 Å². The van der Waals surface area contributed by atoms with Gasteiger partial charge in [-0.1, -0.05) is 18.2 Å². The molecule has 2 unspecified atom stereocenters. The monoisotopic (exact) mass is 824 g/mol. The van der Waals surface area contributed by atoms with Crippen LogP contribution in [-0.4, -0.2) is 104 Å². The number of likely N-dealkylation sites (N-methyl/N-ethyl adjacent to an activating group) is 1. The Hall–Kier alpha value is -6.34. The van der Waals surface area contributed by atoms with Crippen LogP contribution in [-0.2, 0) is 16.1 Å². The molecular weight excluding hydrogens is 773 g/mol. The zero-order valence-electron chi connectivity index (χ0n) is 34.5. The van der Waals surface area contributed by atoms with Gasteiger partial charge in [0.05, 0.1) is 52.5 Å². The lowest BCUT2D eigenvalue weighted by atomic mass is 10.0. The standard InChI is InChI=1S/C42H52N10O8/c1-7-57-41(55)49-38-16-36(48-40-34(38)20-46-52(40)25(4)5)32-14-31(58-22-28(53)17-43)12-11-27(32)21-60-42(56)50-37-15-35(47-39-33(37)19-45-51(39)24(2)3)26-9-8-10-30(13-26)59-23-29(54)18-44-6/h8-16,19-20,24-25,28-29,44,53-54H,7,17-18,21-23,43H2,1-6H3,(H,47,50,56)(H,48,49,55). The fourth-order valence-electron chi connectivity index (χ4n) is 6.35. The minimum absolute atomic E-state index is 0.0146. The lowest BCUT2D eigenvalue weighted by Crippen LogP contribution is -2.29. The van der Waals surface area contributed by atoms with E-state index in [1.807, 2.05) is 45.9 Å². The van der Waals surface area contributed by atoms with Gasteiger partial charge in [-0.15, -0.1) is 0 Å². The Morgan fingerprint density at radius 3 is 1.95 bits per heavy atom. The average Bonchev–Trinajstić information content (AvgIpc) is 3.87. The molecule has 0 bridgehead atoms. The highest BCUT2D eigenvalue weighted by Crippen LogP contribution is 2.35. The van der Waals surface area contributed by atoms with Crippen molar-refractivity contribution < 1.29 is 38.7 Å². The maximum Gasteiger partial charge on any atom is 0.411 e. The number of aliphatic hydroxyl groups excluding tert-OH is 2. The highest BCUT2D eigenvalue weighted by Gasteiger charge is 2.21. The SMILES string of the molecule is CCOC(=O)Nc1cc(-c2cc(OCC(O)CN)ccc2COC(=O)Nc2cc(-c3cccc(OCC(O)CNC)c3)nc3c2cnn3C(C)C)nc2c1cnn2C(C)C. The van der Waals surface area contributed by atoms with Gasteiger partial charge in [-0.05, 0) is 83.6 Å². The molecule has 0 aliphatic heterocycles. The number of nitrogens with two attached hydrogens (primary N) is 1. The number of aromatic nitrogens is 6. The second kappa shape index (κ2) is 19.6. The van der Waals surface area contributed by atoms with E-state index in [0.29, 0.717) is 74.0 Å². The molecule has 0 saturated heterocycles. The molecule has 0 aliphatic carbocycles. The van der Waals surface area contributed by atoms with Crippen molar-refractivity contribution in [2.24, 2.45) is 5.73 Å². The van der Waals surface area contributed by atoms with Crippen LogP contribution in [0.2, 0.25) is 0 Å². The zero-order valence-corrected chi connectivity index (χ0v) is 34.5. The van der Waals surface area contributed by atoms with E-state index in [-0.39, 0.29) is 45.1 Å². The molecule has 6 rings (SSSR count). The van der Waals surface area contributed by atoms with Crippen LogP contribution in [0.1, 0.15) is 52.3 Å². The Balaban J connectivity index is 1.33. The summed E-state index contributed by atoms with van der Waals surface area (Å²) < 4.78 is 26.3. The smallest absolute Gasteiger partial charge is 0.411 e. The van der Waals surface area contributed by atoms with E-state index >= 15 is 0 Å². The van der Waals surface area contributed by atoms with Crippen LogP contribution in [0.4, 0.5) is 21.0 Å². The van der Waals surface area contributed by atoms with Gasteiger partial charge in [0, 0.05) is 36.3 Å². The van der Waals surface area contributed by atoms with E-state index in [0.717, 1.165) is 5.56 Å². The van der Waals surface area contributed by atoms with Crippen molar-refractivity contribution in [2.75, 3.05) is 50.6 Å². The summed E-state index contributed by atoms with van der Waals surface area (Å²) in [6.07, 6.45) is 0.314. The first-order valence-corrected chi connectivity index (χ1v) is 19.7. The second-order valence-electron chi connectivity index (χ2n) is 14.6. The molecule has 318 valence electrons. The molecule has 18 nitrogen and oxygen atoms in total. The summed E-state index contributed by atoms with van der Waals surface area (Å²) in [6.45, 7) is 10.0. The van der Waals surface area contributed by atoms with Crippen molar-refractivity contribution >= 4 is 45.6 Å². The third kappa shape index (κ3) is 10.3. The van der Waals surface area contributed by atoms with Gasteiger partial charge in [-0.3, -0.25) is 10.6 Å². The Morgan fingerprint density at radius 2 is 1.35 bits per heavy atom. The number of hydrogen-bond acceptors (Lipinski definition) is 14. The van der Waals surface area contributed by atoms with Gasteiger partial charge in [-0.2, -0.15) is 10.2 Å². The van der Waals surface area contributed by atoms with Gasteiger partial charge in [-0.25, -0.2) is 28.9 Å². The van der Waals surface area contributed by atoms with Crippen molar-refractivity contribution in [2.45, 2.75) is 65.5 Å². The van der Waals surface area contributed by atoms with Gasteiger partial charge < -0.3 is 40.2 Å². The summed E-state index contributed by atoms with van der Waals surface area (Å²) in [5.74, 6) is 0.951. The highest BCUT2D eigenvalue weighted by molar-refractivity contribution is 6.00. The maximum absolute atomic E-state index is 13.7. The molecule has 2 atom stereocenters. The lowest BCUT2D eigenvalue weighted by Gasteiger charge is -2.17. The van der Waals surface area contributed by atoms with Crippen molar-refractivity contribution in [3.63, 3.8) is 0 Å². The van der Waals surface area contributed by atoms with E-state index in [1.165, 1.54) is 0 Å². The number of fused-ring (bicyclic) bond motifs is 2. The topological polar surface area (TPSA) is 235 Å². The zero-order chi connectivity index (χ0) is 42.9. The Morgan fingerprint density at radius 1 is 0.767 bits per heavy atom. The maximum atomic E-state index is 13.7. The van der Waals surface area contributed by atoms with Gasteiger partial charge in [0.2, 0.25) is 0 Å².